The van der Waals surface area contributed by atoms with Crippen LogP contribution in [0.5, 0.6) is 11.5 Å². The summed E-state index contributed by atoms with van der Waals surface area (Å²) in [4.78, 5) is 19.1. The van der Waals surface area contributed by atoms with Crippen LogP contribution in [0.1, 0.15) is 63.8 Å². The lowest BCUT2D eigenvalue weighted by Crippen LogP contribution is -2.50. The van der Waals surface area contributed by atoms with Gasteiger partial charge in [0.25, 0.3) is 0 Å². The van der Waals surface area contributed by atoms with E-state index in [1.807, 2.05) is 50.8 Å². The highest BCUT2D eigenvalue weighted by Gasteiger charge is 2.46. The number of rotatable bonds is 8. The summed E-state index contributed by atoms with van der Waals surface area (Å²) >= 11 is 0. The molecule has 3 aliphatic heterocycles. The highest BCUT2D eigenvalue weighted by Crippen LogP contribution is 2.39. The number of hydrogen-bond donors (Lipinski definition) is 0. The van der Waals surface area contributed by atoms with Crippen LogP contribution < -0.4 is 9.47 Å². The number of likely N-dealkylation sites (tertiary alicyclic amines) is 2. The fraction of sp³-hybridized carbons (Fsp3) is 0.594. The van der Waals surface area contributed by atoms with E-state index in [0.717, 1.165) is 56.1 Å². The lowest BCUT2D eigenvalue weighted by Gasteiger charge is -2.42. The monoisotopic (exact) mass is 553 g/mol. The summed E-state index contributed by atoms with van der Waals surface area (Å²) < 4.78 is 31.6. The Hall–Kier alpha value is -2.84. The number of carbonyl (C=O) groups is 1. The SMILES string of the molecule is COc1ccc2c(c1)CCN([C@H](C)C(C)F)C2c1ccc(OCCN2C[C@H]3C[C@@H]2CN3C(=O)OC(C)(C)C)cc1. The predicted octanol–water partition coefficient (Wildman–Crippen LogP) is 5.46. The number of piperazine rings is 1. The summed E-state index contributed by atoms with van der Waals surface area (Å²) in [6, 6.07) is 14.9. The molecule has 218 valence electrons. The number of amides is 1. The van der Waals surface area contributed by atoms with Crippen LogP contribution in [-0.2, 0) is 11.2 Å². The molecule has 5 atom stereocenters. The van der Waals surface area contributed by atoms with E-state index in [0.29, 0.717) is 12.6 Å². The molecule has 2 aromatic rings. The van der Waals surface area contributed by atoms with Gasteiger partial charge in [0.15, 0.2) is 0 Å². The molecule has 3 heterocycles. The van der Waals surface area contributed by atoms with Crippen molar-refractivity contribution in [3.8, 4) is 11.5 Å². The standard InChI is InChI=1S/C32H44FN3O4/c1-21(33)22(2)35-14-13-24-17-28(38-6)11-12-29(24)30(35)23-7-9-27(10-8-23)39-16-15-34-19-26-18-25(34)20-36(26)31(37)40-32(3,4)5/h7-12,17,21-22,25-26,30H,13-16,18-20H2,1-6H3/t21?,22-,25-,26-,30?/m1/s1. The molecule has 0 aliphatic carbocycles. The minimum absolute atomic E-state index is 0.0232. The summed E-state index contributed by atoms with van der Waals surface area (Å²) in [6.07, 6.45) is 0.733. The van der Waals surface area contributed by atoms with Crippen molar-refractivity contribution in [2.75, 3.05) is 39.9 Å². The molecule has 2 bridgehead atoms. The van der Waals surface area contributed by atoms with E-state index in [9.17, 15) is 9.18 Å². The molecular formula is C32H44FN3O4. The van der Waals surface area contributed by atoms with Crippen molar-refractivity contribution in [3.05, 3.63) is 59.2 Å². The van der Waals surface area contributed by atoms with Crippen molar-refractivity contribution in [2.45, 2.75) is 83.4 Å². The van der Waals surface area contributed by atoms with Crippen LogP contribution in [0.15, 0.2) is 42.5 Å². The molecule has 0 aromatic heterocycles. The van der Waals surface area contributed by atoms with Gasteiger partial charge in [0.1, 0.15) is 29.9 Å². The first-order valence-electron chi connectivity index (χ1n) is 14.6. The quantitative estimate of drug-likeness (QED) is 0.433. The van der Waals surface area contributed by atoms with Crippen LogP contribution >= 0.6 is 0 Å². The second-order valence-electron chi connectivity index (χ2n) is 12.5. The van der Waals surface area contributed by atoms with Gasteiger partial charge in [-0.2, -0.15) is 0 Å². The topological polar surface area (TPSA) is 54.5 Å². The summed E-state index contributed by atoms with van der Waals surface area (Å²) in [5.74, 6) is 1.68. The maximum absolute atomic E-state index is 14.5. The fourth-order valence-electron chi connectivity index (χ4n) is 6.42. The Morgan fingerprint density at radius 2 is 1.77 bits per heavy atom. The van der Waals surface area contributed by atoms with Gasteiger partial charge in [0, 0.05) is 44.3 Å². The second-order valence-corrected chi connectivity index (χ2v) is 12.5. The maximum Gasteiger partial charge on any atom is 0.410 e. The van der Waals surface area contributed by atoms with Crippen LogP contribution in [0.3, 0.4) is 0 Å². The molecule has 0 saturated carbocycles. The molecule has 0 spiro atoms. The van der Waals surface area contributed by atoms with Crippen molar-refractivity contribution in [1.29, 1.82) is 0 Å². The van der Waals surface area contributed by atoms with E-state index < -0.39 is 11.8 Å². The van der Waals surface area contributed by atoms with Gasteiger partial charge in [-0.1, -0.05) is 18.2 Å². The van der Waals surface area contributed by atoms with E-state index in [2.05, 4.69) is 34.1 Å². The molecule has 2 saturated heterocycles. The van der Waals surface area contributed by atoms with Crippen molar-refractivity contribution < 1.29 is 23.4 Å². The highest BCUT2D eigenvalue weighted by atomic mass is 19.1. The molecule has 1 amide bonds. The first-order chi connectivity index (χ1) is 19.0. The normalized spacial score (nSPS) is 24.5. The maximum atomic E-state index is 14.5. The van der Waals surface area contributed by atoms with Crippen LogP contribution in [-0.4, -0.2) is 90.6 Å². The van der Waals surface area contributed by atoms with Gasteiger partial charge in [-0.25, -0.2) is 9.18 Å². The number of benzene rings is 2. The third kappa shape index (κ3) is 6.08. The van der Waals surface area contributed by atoms with E-state index in [4.69, 9.17) is 14.2 Å². The van der Waals surface area contributed by atoms with E-state index >= 15 is 0 Å². The summed E-state index contributed by atoms with van der Waals surface area (Å²) in [5.41, 5.74) is 3.12. The lowest BCUT2D eigenvalue weighted by molar-refractivity contribution is 0.0122. The highest BCUT2D eigenvalue weighted by molar-refractivity contribution is 5.69. The molecular weight excluding hydrogens is 509 g/mol. The van der Waals surface area contributed by atoms with E-state index in [1.54, 1.807) is 14.0 Å². The van der Waals surface area contributed by atoms with Gasteiger partial charge in [-0.05, 0) is 88.4 Å². The first kappa shape index (κ1) is 28.7. The van der Waals surface area contributed by atoms with Crippen molar-refractivity contribution in [1.82, 2.24) is 14.7 Å². The van der Waals surface area contributed by atoms with Crippen LogP contribution in [0.4, 0.5) is 9.18 Å². The van der Waals surface area contributed by atoms with Gasteiger partial charge in [-0.15, -0.1) is 0 Å². The zero-order valence-corrected chi connectivity index (χ0v) is 24.7. The van der Waals surface area contributed by atoms with Crippen LogP contribution in [0, 0.1) is 0 Å². The average Bonchev–Trinajstić information content (AvgIpc) is 3.52. The molecule has 8 heteroatoms. The molecule has 2 unspecified atom stereocenters. The lowest BCUT2D eigenvalue weighted by atomic mass is 9.86. The number of nitrogens with zero attached hydrogens (tertiary/aromatic N) is 3. The Morgan fingerprint density at radius 3 is 2.40 bits per heavy atom. The number of ether oxygens (including phenoxy) is 3. The zero-order chi connectivity index (χ0) is 28.6. The number of alkyl halides is 1. The number of fused-ring (bicyclic) bond motifs is 3. The predicted molar refractivity (Wildman–Crippen MR) is 154 cm³/mol. The minimum Gasteiger partial charge on any atom is -0.497 e. The van der Waals surface area contributed by atoms with Crippen LogP contribution in [0.25, 0.3) is 0 Å². The van der Waals surface area contributed by atoms with E-state index in [-0.39, 0.29) is 24.2 Å². The Bertz CT molecular complexity index is 1180. The molecule has 0 N–H and O–H groups in total. The average molecular weight is 554 g/mol. The molecule has 7 nitrogen and oxygen atoms in total. The Kier molecular flexibility index (Phi) is 8.30. The first-order valence-corrected chi connectivity index (χ1v) is 14.6. The number of hydrogen-bond acceptors (Lipinski definition) is 6. The Morgan fingerprint density at radius 1 is 1.05 bits per heavy atom. The second kappa shape index (κ2) is 11.6. The van der Waals surface area contributed by atoms with E-state index in [1.165, 1.54) is 11.1 Å². The molecule has 3 aliphatic rings. The third-order valence-electron chi connectivity index (χ3n) is 8.63. The van der Waals surface area contributed by atoms with Gasteiger partial charge in [-0.3, -0.25) is 9.80 Å². The zero-order valence-electron chi connectivity index (χ0n) is 24.7. The number of halogens is 1. The largest absolute Gasteiger partial charge is 0.497 e. The molecule has 2 aromatic carbocycles. The van der Waals surface area contributed by atoms with Crippen molar-refractivity contribution in [2.24, 2.45) is 0 Å². The smallest absolute Gasteiger partial charge is 0.410 e. The molecule has 5 rings (SSSR count). The van der Waals surface area contributed by atoms with Gasteiger partial charge in [0.05, 0.1) is 13.2 Å². The molecule has 2 fully saturated rings. The number of carbonyl (C=O) groups excluding carboxylic acids is 1. The summed E-state index contributed by atoms with van der Waals surface area (Å²) in [5, 5.41) is 0. The fourth-order valence-corrected chi connectivity index (χ4v) is 6.42. The summed E-state index contributed by atoms with van der Waals surface area (Å²) in [7, 11) is 1.69. The van der Waals surface area contributed by atoms with Gasteiger partial charge < -0.3 is 19.1 Å². The van der Waals surface area contributed by atoms with Gasteiger partial charge in [0.2, 0.25) is 0 Å². The van der Waals surface area contributed by atoms with Crippen molar-refractivity contribution in [3.63, 3.8) is 0 Å². The summed E-state index contributed by atoms with van der Waals surface area (Å²) in [6.45, 7) is 13.1. The van der Waals surface area contributed by atoms with Crippen LogP contribution in [0.2, 0.25) is 0 Å². The Balaban J connectivity index is 1.20. The molecule has 40 heavy (non-hydrogen) atoms. The third-order valence-corrected chi connectivity index (χ3v) is 8.63. The van der Waals surface area contributed by atoms with Gasteiger partial charge >= 0.3 is 6.09 Å². The number of methoxy groups -OCH3 is 1. The van der Waals surface area contributed by atoms with Crippen molar-refractivity contribution >= 4 is 6.09 Å². The minimum atomic E-state index is -0.929. The Labute approximate surface area is 238 Å². The molecule has 0 radical (unpaired) electrons.